The highest BCUT2D eigenvalue weighted by Crippen LogP contribution is 2.29. The van der Waals surface area contributed by atoms with Gasteiger partial charge in [-0.1, -0.05) is 49.2 Å². The Labute approximate surface area is 271 Å². The van der Waals surface area contributed by atoms with Gasteiger partial charge in [-0.2, -0.15) is 0 Å². The van der Waals surface area contributed by atoms with E-state index in [2.05, 4.69) is 39.3 Å². The number of benzene rings is 2. The van der Waals surface area contributed by atoms with E-state index >= 15 is 0 Å². The van der Waals surface area contributed by atoms with E-state index in [-0.39, 0.29) is 41.2 Å². The largest absolute Gasteiger partial charge is 0.397 e. The number of allylic oxidation sites excluding steroid dienone is 1. The fourth-order valence-electron chi connectivity index (χ4n) is 5.59. The van der Waals surface area contributed by atoms with Gasteiger partial charge in [0.1, 0.15) is 11.9 Å². The van der Waals surface area contributed by atoms with Crippen LogP contribution in [0.4, 0.5) is 5.69 Å². The molecule has 10 nitrogen and oxygen atoms in total. The summed E-state index contributed by atoms with van der Waals surface area (Å²) in [5, 5.41) is 12.6. The summed E-state index contributed by atoms with van der Waals surface area (Å²) in [6, 6.07) is 12.6. The number of nitrogens with two attached hydrogens (primary N) is 1. The maximum absolute atomic E-state index is 13.5. The van der Waals surface area contributed by atoms with Gasteiger partial charge < -0.3 is 30.7 Å². The number of hydrogen-bond donors (Lipinski definition) is 3. The normalized spacial score (nSPS) is 18.1. The lowest BCUT2D eigenvalue weighted by Crippen LogP contribution is -2.45. The third-order valence-electron chi connectivity index (χ3n) is 8.28. The summed E-state index contributed by atoms with van der Waals surface area (Å²) < 4.78 is 5.47. The molecule has 2 aromatic rings. The molecule has 2 amide bonds. The molecule has 0 spiro atoms. The molecule has 1 saturated heterocycles. The van der Waals surface area contributed by atoms with Crippen molar-refractivity contribution in [2.45, 2.75) is 71.6 Å². The van der Waals surface area contributed by atoms with Gasteiger partial charge in [-0.05, 0) is 68.5 Å². The third-order valence-corrected chi connectivity index (χ3v) is 8.58. The second-order valence-electron chi connectivity index (χ2n) is 11.6. The lowest BCUT2D eigenvalue weighted by molar-refractivity contribution is -0.125. The van der Waals surface area contributed by atoms with Crippen LogP contribution in [0.3, 0.4) is 0 Å². The maximum atomic E-state index is 13.5. The number of amidine groups is 1. The molecule has 0 aromatic heterocycles. The summed E-state index contributed by atoms with van der Waals surface area (Å²) in [6.07, 6.45) is 3.85. The number of carbonyl (C=O) groups excluding carboxylic acids is 2. The van der Waals surface area contributed by atoms with Crippen LogP contribution in [0.15, 0.2) is 57.5 Å². The number of aliphatic hydroxyl groups is 1. The van der Waals surface area contributed by atoms with Crippen molar-refractivity contribution in [2.75, 3.05) is 37.8 Å². The Balaban J connectivity index is 1.41. The summed E-state index contributed by atoms with van der Waals surface area (Å²) in [7, 11) is 0. The van der Waals surface area contributed by atoms with E-state index in [0.717, 1.165) is 42.7 Å². The zero-order valence-electron chi connectivity index (χ0n) is 26.6. The molecule has 11 heteroatoms. The fourth-order valence-corrected chi connectivity index (χ4v) is 5.74. The highest BCUT2D eigenvalue weighted by atomic mass is 35.5. The zero-order chi connectivity index (χ0) is 32.5. The predicted octanol–water partition coefficient (Wildman–Crippen LogP) is 4.65. The molecule has 45 heavy (non-hydrogen) atoms. The van der Waals surface area contributed by atoms with Gasteiger partial charge in [0.25, 0.3) is 5.91 Å². The van der Waals surface area contributed by atoms with E-state index in [1.165, 1.54) is 6.21 Å². The number of aliphatic imine (C=N–C) groups is 2. The monoisotopic (exact) mass is 636 g/mol. The van der Waals surface area contributed by atoms with Crippen LogP contribution in [0.1, 0.15) is 80.0 Å². The second kappa shape index (κ2) is 16.0. The van der Waals surface area contributed by atoms with Gasteiger partial charge >= 0.3 is 0 Å². The average Bonchev–Trinajstić information content (AvgIpc) is 3.38. The van der Waals surface area contributed by atoms with Crippen LogP contribution >= 0.6 is 11.6 Å². The van der Waals surface area contributed by atoms with E-state index in [1.807, 2.05) is 31.2 Å². The highest BCUT2D eigenvalue weighted by Gasteiger charge is 2.34. The van der Waals surface area contributed by atoms with Crippen molar-refractivity contribution in [1.82, 2.24) is 10.2 Å². The molecule has 0 saturated carbocycles. The summed E-state index contributed by atoms with van der Waals surface area (Å²) >= 11 is 6.48. The number of rotatable bonds is 12. The van der Waals surface area contributed by atoms with Crippen molar-refractivity contribution in [3.05, 3.63) is 69.8 Å². The highest BCUT2D eigenvalue weighted by molar-refractivity contribution is 6.42. The number of ether oxygens (including phenoxy) is 1. The van der Waals surface area contributed by atoms with Crippen molar-refractivity contribution >= 4 is 46.8 Å². The Morgan fingerprint density at radius 2 is 1.93 bits per heavy atom. The number of anilines is 1. The summed E-state index contributed by atoms with van der Waals surface area (Å²) in [6.45, 7) is 11.0. The third kappa shape index (κ3) is 8.71. The smallest absolute Gasteiger partial charge is 0.255 e. The van der Waals surface area contributed by atoms with Crippen molar-refractivity contribution in [2.24, 2.45) is 15.7 Å². The Morgan fingerprint density at radius 3 is 2.64 bits per heavy atom. The quantitative estimate of drug-likeness (QED) is 0.229. The van der Waals surface area contributed by atoms with Crippen molar-refractivity contribution in [1.29, 1.82) is 0 Å². The molecular weight excluding hydrogens is 592 g/mol. The number of morpholine rings is 1. The van der Waals surface area contributed by atoms with Crippen molar-refractivity contribution < 1.29 is 19.4 Å². The molecule has 0 aliphatic carbocycles. The average molecular weight is 637 g/mol. The Bertz CT molecular complexity index is 1450. The molecule has 0 bridgehead atoms. The molecule has 4 N–H and O–H groups in total. The van der Waals surface area contributed by atoms with Gasteiger partial charge in [-0.25, -0.2) is 4.99 Å². The van der Waals surface area contributed by atoms with Gasteiger partial charge in [0.05, 0.1) is 36.0 Å². The molecule has 3 atom stereocenters. The van der Waals surface area contributed by atoms with Gasteiger partial charge in [-0.3, -0.25) is 14.6 Å². The minimum absolute atomic E-state index is 0.00200. The van der Waals surface area contributed by atoms with Crippen LogP contribution in [0.25, 0.3) is 5.70 Å². The number of halogens is 1. The van der Waals surface area contributed by atoms with Crippen LogP contribution in [0.5, 0.6) is 0 Å². The topological polar surface area (TPSA) is 133 Å². The molecule has 0 radical (unpaired) electrons. The van der Waals surface area contributed by atoms with Crippen LogP contribution in [-0.2, 0) is 16.1 Å². The zero-order valence-corrected chi connectivity index (χ0v) is 27.4. The number of hydrogen-bond acceptors (Lipinski definition) is 7. The number of fused-ring (bicyclic) bond motifs is 1. The SMILES string of the molecule is CCCC(CCO)N=C(C)N=CC(Cl)=C(N)c1ccc2c(c1)C(=O)N([C@H](C)C(=O)N[C@H](C)c1cccc(N3CCOCC3)c1)C2. The Hall–Kier alpha value is -3.73. The predicted molar refractivity (Wildman–Crippen MR) is 181 cm³/mol. The van der Waals surface area contributed by atoms with Crippen LogP contribution in [-0.4, -0.2) is 78.9 Å². The standard InChI is InChI=1S/C34H45ClN6O4/c1-5-7-28(12-15-42)39-24(4)37-20-31(35)32(36)26-10-11-27-21-41(34(44)30(27)19-26)23(3)33(43)38-22(2)25-8-6-9-29(18-25)40-13-16-45-17-14-40/h6,8-11,18-20,22-23,28,42H,5,7,12-17,21,36H2,1-4H3,(H,38,43)/t22-,23-,28?/m1/s1. The van der Waals surface area contributed by atoms with Crippen molar-refractivity contribution in [3.8, 4) is 0 Å². The van der Waals surface area contributed by atoms with Crippen LogP contribution in [0, 0.1) is 0 Å². The van der Waals surface area contributed by atoms with E-state index in [9.17, 15) is 14.7 Å². The van der Waals surface area contributed by atoms with Gasteiger partial charge in [0.15, 0.2) is 0 Å². The molecule has 2 heterocycles. The molecule has 2 aliphatic heterocycles. The molecule has 4 rings (SSSR count). The summed E-state index contributed by atoms with van der Waals surface area (Å²) in [4.78, 5) is 39.5. The van der Waals surface area contributed by atoms with Gasteiger partial charge in [-0.15, -0.1) is 0 Å². The Kier molecular flexibility index (Phi) is 12.2. The first-order valence-electron chi connectivity index (χ1n) is 15.6. The first-order chi connectivity index (χ1) is 21.6. The number of aliphatic hydroxyl groups excluding tert-OH is 1. The number of carbonyl (C=O) groups is 2. The van der Waals surface area contributed by atoms with Gasteiger partial charge in [0.2, 0.25) is 5.91 Å². The van der Waals surface area contributed by atoms with E-state index in [1.54, 1.807) is 24.8 Å². The Morgan fingerprint density at radius 1 is 1.18 bits per heavy atom. The fraction of sp³-hybridized carbons (Fsp3) is 0.471. The number of nitrogens with zero attached hydrogens (tertiary/aromatic N) is 4. The minimum atomic E-state index is -0.675. The molecule has 2 aliphatic rings. The van der Waals surface area contributed by atoms with Crippen LogP contribution in [0.2, 0.25) is 0 Å². The number of nitrogens with one attached hydrogen (secondary N) is 1. The molecule has 1 fully saturated rings. The molecule has 2 aromatic carbocycles. The number of amides is 2. The van der Waals surface area contributed by atoms with Crippen LogP contribution < -0.4 is 16.0 Å². The first-order valence-corrected chi connectivity index (χ1v) is 16.0. The van der Waals surface area contributed by atoms with E-state index < -0.39 is 6.04 Å². The molecule has 242 valence electrons. The summed E-state index contributed by atoms with van der Waals surface area (Å²) in [5.74, 6) is 0.0819. The lowest BCUT2D eigenvalue weighted by atomic mass is 10.0. The van der Waals surface area contributed by atoms with E-state index in [0.29, 0.717) is 43.1 Å². The first kappa shape index (κ1) is 34.1. The molecule has 1 unspecified atom stereocenters. The summed E-state index contributed by atoms with van der Waals surface area (Å²) in [5.41, 5.74) is 10.6. The minimum Gasteiger partial charge on any atom is -0.397 e. The van der Waals surface area contributed by atoms with E-state index in [4.69, 9.17) is 22.1 Å². The lowest BCUT2D eigenvalue weighted by Gasteiger charge is -2.30. The van der Waals surface area contributed by atoms with Crippen molar-refractivity contribution in [3.63, 3.8) is 0 Å². The van der Waals surface area contributed by atoms with Gasteiger partial charge in [0, 0.05) is 43.7 Å². The second-order valence-corrected chi connectivity index (χ2v) is 12.0. The maximum Gasteiger partial charge on any atom is 0.255 e. The molecular formula is C34H45ClN6O4.